The molecule has 2 aromatic heterocycles. The van der Waals surface area contributed by atoms with Gasteiger partial charge in [0.25, 0.3) is 5.91 Å². The Labute approximate surface area is 163 Å². The number of benzene rings is 1. The summed E-state index contributed by atoms with van der Waals surface area (Å²) in [4.78, 5) is 21.7. The predicted octanol–water partition coefficient (Wildman–Crippen LogP) is 3.36. The maximum Gasteiger partial charge on any atom is 0.278 e. The summed E-state index contributed by atoms with van der Waals surface area (Å²) in [6.45, 7) is 3.61. The lowest BCUT2D eigenvalue weighted by Gasteiger charge is -2.20. The first-order valence-corrected chi connectivity index (χ1v) is 9.09. The molecule has 1 amide bonds. The molecule has 0 saturated carbocycles. The average molecular weight is 394 g/mol. The van der Waals surface area contributed by atoms with E-state index in [2.05, 4.69) is 23.0 Å². The number of fused-ring (bicyclic) bond motifs is 1. The van der Waals surface area contributed by atoms with E-state index < -0.39 is 0 Å². The van der Waals surface area contributed by atoms with Crippen LogP contribution in [-0.2, 0) is 7.05 Å². The van der Waals surface area contributed by atoms with Gasteiger partial charge in [-0.2, -0.15) is 5.10 Å². The zero-order valence-corrected chi connectivity index (χ0v) is 17.1. The highest BCUT2D eigenvalue weighted by molar-refractivity contribution is 7.22. The maximum absolute atomic E-state index is 13.1. The van der Waals surface area contributed by atoms with Gasteiger partial charge in [-0.05, 0) is 57.7 Å². The number of halogens is 1. The van der Waals surface area contributed by atoms with Gasteiger partial charge in [0.15, 0.2) is 5.13 Å². The molecule has 3 aromatic rings. The van der Waals surface area contributed by atoms with Gasteiger partial charge in [-0.25, -0.2) is 4.98 Å². The number of carbonyl (C=O) groups is 1. The summed E-state index contributed by atoms with van der Waals surface area (Å²) in [6.07, 6.45) is 2.53. The van der Waals surface area contributed by atoms with Crippen molar-refractivity contribution in [2.45, 2.75) is 13.3 Å². The fraction of sp³-hybridized carbons (Fsp3) is 0.389. The molecule has 6 nitrogen and oxygen atoms in total. The van der Waals surface area contributed by atoms with E-state index in [9.17, 15) is 4.79 Å². The van der Waals surface area contributed by atoms with E-state index in [0.717, 1.165) is 28.3 Å². The molecule has 0 atom stereocenters. The molecule has 0 bridgehead atoms. The number of amides is 1. The average Bonchev–Trinajstić information content (AvgIpc) is 3.16. The van der Waals surface area contributed by atoms with Crippen molar-refractivity contribution in [3.63, 3.8) is 0 Å². The molecule has 0 fully saturated rings. The monoisotopic (exact) mass is 393 g/mol. The van der Waals surface area contributed by atoms with E-state index in [4.69, 9.17) is 4.98 Å². The number of aromatic nitrogens is 3. The van der Waals surface area contributed by atoms with E-state index in [1.165, 1.54) is 5.56 Å². The molecule has 8 heteroatoms. The van der Waals surface area contributed by atoms with Crippen LogP contribution in [0.15, 0.2) is 30.5 Å². The Morgan fingerprint density at radius 3 is 2.65 bits per heavy atom. The third kappa shape index (κ3) is 4.41. The number of aryl methyl sites for hydroxylation is 2. The highest BCUT2D eigenvalue weighted by Crippen LogP contribution is 2.30. The lowest BCUT2D eigenvalue weighted by atomic mass is 10.2. The predicted molar refractivity (Wildman–Crippen MR) is 110 cm³/mol. The van der Waals surface area contributed by atoms with Crippen LogP contribution in [0.2, 0.25) is 0 Å². The van der Waals surface area contributed by atoms with Crippen LogP contribution in [0.25, 0.3) is 10.2 Å². The highest BCUT2D eigenvalue weighted by Gasteiger charge is 2.23. The van der Waals surface area contributed by atoms with E-state index in [-0.39, 0.29) is 18.3 Å². The molecule has 0 N–H and O–H groups in total. The molecule has 26 heavy (non-hydrogen) atoms. The first-order chi connectivity index (χ1) is 12.0. The van der Waals surface area contributed by atoms with E-state index in [1.54, 1.807) is 40.2 Å². The zero-order valence-electron chi connectivity index (χ0n) is 15.5. The minimum atomic E-state index is -0.0606. The molecule has 140 valence electrons. The third-order valence-electron chi connectivity index (χ3n) is 4.04. The summed E-state index contributed by atoms with van der Waals surface area (Å²) in [7, 11) is 5.86. The summed E-state index contributed by atoms with van der Waals surface area (Å²) < 4.78 is 2.71. The van der Waals surface area contributed by atoms with Gasteiger partial charge >= 0.3 is 0 Å². The molecule has 1 aromatic carbocycles. The van der Waals surface area contributed by atoms with Gasteiger partial charge in [0.1, 0.15) is 5.69 Å². The second-order valence-corrected chi connectivity index (χ2v) is 7.43. The lowest BCUT2D eigenvalue weighted by Crippen LogP contribution is -2.34. The highest BCUT2D eigenvalue weighted by atomic mass is 35.5. The molecule has 0 unspecified atom stereocenters. The van der Waals surface area contributed by atoms with Crippen LogP contribution in [0.4, 0.5) is 5.13 Å². The SMILES string of the molecule is Cc1ccc2nc(N(CCCN(C)C)C(=O)c3ccnn3C)sc2c1.Cl. The molecule has 0 spiro atoms. The Balaban J connectivity index is 0.00000243. The Kier molecular flexibility index (Phi) is 6.75. The molecule has 0 aliphatic rings. The number of thiazole rings is 1. The number of anilines is 1. The van der Waals surface area contributed by atoms with Crippen molar-refractivity contribution in [2.24, 2.45) is 7.05 Å². The van der Waals surface area contributed by atoms with Gasteiger partial charge in [0.2, 0.25) is 0 Å². The number of nitrogens with zero attached hydrogens (tertiary/aromatic N) is 5. The molecule has 0 radical (unpaired) electrons. The van der Waals surface area contributed by atoms with Crippen LogP contribution in [0.1, 0.15) is 22.5 Å². The Hall–Kier alpha value is -1.96. The molecule has 0 aliphatic carbocycles. The largest absolute Gasteiger partial charge is 0.309 e. The lowest BCUT2D eigenvalue weighted by molar-refractivity contribution is 0.0977. The van der Waals surface area contributed by atoms with Gasteiger partial charge < -0.3 is 4.90 Å². The van der Waals surface area contributed by atoms with Gasteiger partial charge in [-0.1, -0.05) is 17.4 Å². The Morgan fingerprint density at radius 1 is 1.23 bits per heavy atom. The molecule has 3 rings (SSSR count). The summed E-state index contributed by atoms with van der Waals surface area (Å²) in [6, 6.07) is 7.92. The molecule has 2 heterocycles. The first-order valence-electron chi connectivity index (χ1n) is 8.27. The van der Waals surface area contributed by atoms with Crippen molar-refractivity contribution in [2.75, 3.05) is 32.1 Å². The van der Waals surface area contributed by atoms with E-state index in [1.807, 2.05) is 26.2 Å². The van der Waals surface area contributed by atoms with Gasteiger partial charge in [0, 0.05) is 19.8 Å². The summed E-state index contributed by atoms with van der Waals surface area (Å²) in [5.41, 5.74) is 2.70. The third-order valence-corrected chi connectivity index (χ3v) is 5.08. The minimum absolute atomic E-state index is 0. The van der Waals surface area contributed by atoms with E-state index >= 15 is 0 Å². The second-order valence-electron chi connectivity index (χ2n) is 6.42. The topological polar surface area (TPSA) is 54.3 Å². The zero-order chi connectivity index (χ0) is 18.0. The van der Waals surface area contributed by atoms with E-state index in [0.29, 0.717) is 12.2 Å². The van der Waals surface area contributed by atoms with Crippen LogP contribution in [0.3, 0.4) is 0 Å². The van der Waals surface area contributed by atoms with Crippen LogP contribution in [0, 0.1) is 6.92 Å². The fourth-order valence-corrected chi connectivity index (χ4v) is 3.77. The first kappa shape index (κ1) is 20.4. The number of rotatable bonds is 6. The molecular formula is C18H24ClN5OS. The van der Waals surface area contributed by atoms with Gasteiger partial charge in [0.05, 0.1) is 10.2 Å². The van der Waals surface area contributed by atoms with Crippen molar-refractivity contribution in [3.8, 4) is 0 Å². The Morgan fingerprint density at radius 2 is 2.00 bits per heavy atom. The number of hydrogen-bond donors (Lipinski definition) is 0. The van der Waals surface area contributed by atoms with Crippen LogP contribution in [-0.4, -0.2) is 52.8 Å². The van der Waals surface area contributed by atoms with Crippen LogP contribution < -0.4 is 4.90 Å². The summed E-state index contributed by atoms with van der Waals surface area (Å²) in [5.74, 6) is -0.0606. The smallest absolute Gasteiger partial charge is 0.278 e. The van der Waals surface area contributed by atoms with Crippen molar-refractivity contribution < 1.29 is 4.79 Å². The maximum atomic E-state index is 13.1. The molecule has 0 aliphatic heterocycles. The van der Waals surface area contributed by atoms with Gasteiger partial charge in [-0.15, -0.1) is 12.4 Å². The van der Waals surface area contributed by atoms with Crippen molar-refractivity contribution in [1.29, 1.82) is 0 Å². The fourth-order valence-electron chi connectivity index (χ4n) is 2.69. The quantitative estimate of drug-likeness (QED) is 0.644. The van der Waals surface area contributed by atoms with Crippen molar-refractivity contribution in [3.05, 3.63) is 41.7 Å². The van der Waals surface area contributed by atoms with Crippen molar-refractivity contribution >= 4 is 45.0 Å². The minimum Gasteiger partial charge on any atom is -0.309 e. The summed E-state index contributed by atoms with van der Waals surface area (Å²) in [5, 5.41) is 4.86. The molecule has 0 saturated heterocycles. The van der Waals surface area contributed by atoms with Crippen LogP contribution >= 0.6 is 23.7 Å². The number of hydrogen-bond acceptors (Lipinski definition) is 5. The standard InChI is InChI=1S/C18H23N5OS.ClH/c1-13-6-7-14-16(12-13)25-18(20-14)23(11-5-10-21(2)3)17(24)15-8-9-19-22(15)4;/h6-9,12H,5,10-11H2,1-4H3;1H. The van der Waals surface area contributed by atoms with Crippen LogP contribution in [0.5, 0.6) is 0 Å². The second kappa shape index (κ2) is 8.62. The van der Waals surface area contributed by atoms with Crippen molar-refractivity contribution in [1.82, 2.24) is 19.7 Å². The summed E-state index contributed by atoms with van der Waals surface area (Å²) >= 11 is 1.56. The normalized spacial score (nSPS) is 11.0. The number of carbonyl (C=O) groups excluding carboxylic acids is 1. The van der Waals surface area contributed by atoms with Gasteiger partial charge in [-0.3, -0.25) is 14.4 Å². The molecular weight excluding hydrogens is 370 g/mol. The Bertz CT molecular complexity index is 889.